The zero-order chi connectivity index (χ0) is 14.8. The number of anilines is 1. The van der Waals surface area contributed by atoms with Crippen molar-refractivity contribution in [2.75, 3.05) is 12.8 Å². The van der Waals surface area contributed by atoms with Gasteiger partial charge in [0, 0.05) is 10.6 Å². The van der Waals surface area contributed by atoms with E-state index in [-0.39, 0.29) is 0 Å². The number of rotatable bonds is 3. The maximum Gasteiger partial charge on any atom is 0.177 e. The van der Waals surface area contributed by atoms with E-state index in [0.717, 1.165) is 22.4 Å². The summed E-state index contributed by atoms with van der Waals surface area (Å²) in [4.78, 5) is 0. The molecule has 0 unspecified atom stereocenters. The molecule has 2 aromatic carbocycles. The van der Waals surface area contributed by atoms with Crippen LogP contribution in [0, 0.1) is 0 Å². The number of halogens is 1. The summed E-state index contributed by atoms with van der Waals surface area (Å²) in [5.41, 5.74) is 8.38. The van der Waals surface area contributed by atoms with Crippen LogP contribution in [0.15, 0.2) is 53.1 Å². The lowest BCUT2D eigenvalue weighted by Crippen LogP contribution is -1.89. The first-order valence-corrected chi connectivity index (χ1v) is 6.72. The lowest BCUT2D eigenvalue weighted by Gasteiger charge is -2.05. The zero-order valence-electron chi connectivity index (χ0n) is 11.3. The molecule has 5 heteroatoms. The second-order valence-electron chi connectivity index (χ2n) is 4.51. The number of methoxy groups -OCH3 is 1. The molecule has 0 fully saturated rings. The van der Waals surface area contributed by atoms with Crippen LogP contribution in [-0.4, -0.2) is 12.3 Å². The minimum atomic E-state index is 0.329. The molecule has 0 saturated heterocycles. The van der Waals surface area contributed by atoms with Crippen LogP contribution in [0.25, 0.3) is 22.5 Å². The average Bonchev–Trinajstić information content (AvgIpc) is 2.89. The third-order valence-corrected chi connectivity index (χ3v) is 3.40. The monoisotopic (exact) mass is 300 g/mol. The highest BCUT2D eigenvalue weighted by atomic mass is 35.5. The summed E-state index contributed by atoms with van der Waals surface area (Å²) in [7, 11) is 1.62. The number of nitrogens with zero attached hydrogens (tertiary/aromatic N) is 1. The summed E-state index contributed by atoms with van der Waals surface area (Å²) in [5, 5.41) is 4.50. The fraction of sp³-hybridized carbons (Fsp3) is 0.0625. The number of nitrogen functional groups attached to an aromatic ring is 1. The molecule has 3 aromatic rings. The van der Waals surface area contributed by atoms with Crippen molar-refractivity contribution in [2.24, 2.45) is 0 Å². The Morgan fingerprint density at radius 1 is 1.10 bits per heavy atom. The van der Waals surface area contributed by atoms with E-state index in [1.165, 1.54) is 0 Å². The van der Waals surface area contributed by atoms with E-state index >= 15 is 0 Å². The van der Waals surface area contributed by atoms with Crippen molar-refractivity contribution in [3.63, 3.8) is 0 Å². The van der Waals surface area contributed by atoms with Gasteiger partial charge in [0.2, 0.25) is 0 Å². The molecule has 1 aromatic heterocycles. The van der Waals surface area contributed by atoms with Gasteiger partial charge in [-0.1, -0.05) is 41.0 Å². The molecule has 0 spiro atoms. The van der Waals surface area contributed by atoms with E-state index in [4.69, 9.17) is 26.6 Å². The molecule has 0 aliphatic carbocycles. The summed E-state index contributed by atoms with van der Waals surface area (Å²) in [6.07, 6.45) is 0. The van der Waals surface area contributed by atoms with Crippen LogP contribution in [0.5, 0.6) is 5.75 Å². The van der Waals surface area contributed by atoms with Gasteiger partial charge in [0.25, 0.3) is 0 Å². The second kappa shape index (κ2) is 5.50. The van der Waals surface area contributed by atoms with Crippen molar-refractivity contribution >= 4 is 17.4 Å². The van der Waals surface area contributed by atoms with Crippen LogP contribution in [0.2, 0.25) is 5.02 Å². The quantitative estimate of drug-likeness (QED) is 0.785. The Labute approximate surface area is 127 Å². The molecule has 0 amide bonds. The molecular weight excluding hydrogens is 288 g/mol. The largest absolute Gasteiger partial charge is 0.497 e. The number of aromatic nitrogens is 1. The number of hydrogen-bond acceptors (Lipinski definition) is 4. The van der Waals surface area contributed by atoms with Gasteiger partial charge >= 0.3 is 0 Å². The van der Waals surface area contributed by atoms with Gasteiger partial charge in [-0.05, 0) is 29.8 Å². The average molecular weight is 301 g/mol. The topological polar surface area (TPSA) is 61.3 Å². The van der Waals surface area contributed by atoms with Gasteiger partial charge in [0.15, 0.2) is 11.6 Å². The van der Waals surface area contributed by atoms with Crippen molar-refractivity contribution in [1.29, 1.82) is 0 Å². The highest BCUT2D eigenvalue weighted by molar-refractivity contribution is 6.30. The van der Waals surface area contributed by atoms with Crippen molar-refractivity contribution in [2.45, 2.75) is 0 Å². The highest BCUT2D eigenvalue weighted by Gasteiger charge is 2.18. The van der Waals surface area contributed by atoms with Crippen LogP contribution in [0.4, 0.5) is 5.82 Å². The Morgan fingerprint density at radius 3 is 2.62 bits per heavy atom. The van der Waals surface area contributed by atoms with Crippen LogP contribution in [0.3, 0.4) is 0 Å². The molecule has 21 heavy (non-hydrogen) atoms. The second-order valence-corrected chi connectivity index (χ2v) is 4.95. The van der Waals surface area contributed by atoms with Crippen molar-refractivity contribution in [3.8, 4) is 28.2 Å². The maximum atomic E-state index is 6.05. The van der Waals surface area contributed by atoms with Crippen LogP contribution >= 0.6 is 11.6 Å². The minimum Gasteiger partial charge on any atom is -0.497 e. The Balaban J connectivity index is 2.17. The third-order valence-electron chi connectivity index (χ3n) is 3.16. The van der Waals surface area contributed by atoms with Crippen LogP contribution in [0.1, 0.15) is 0 Å². The van der Waals surface area contributed by atoms with Gasteiger partial charge in [-0.25, -0.2) is 0 Å². The molecule has 106 valence electrons. The van der Waals surface area contributed by atoms with E-state index in [2.05, 4.69) is 5.16 Å². The summed E-state index contributed by atoms with van der Waals surface area (Å²) in [6.45, 7) is 0. The fourth-order valence-electron chi connectivity index (χ4n) is 2.19. The lowest BCUT2D eigenvalue weighted by molar-refractivity contribution is 0.413. The zero-order valence-corrected chi connectivity index (χ0v) is 12.1. The van der Waals surface area contributed by atoms with Crippen molar-refractivity contribution in [3.05, 3.63) is 53.6 Å². The summed E-state index contributed by atoms with van der Waals surface area (Å²) in [5.74, 6) is 1.66. The number of nitrogens with two attached hydrogens (primary N) is 1. The number of benzene rings is 2. The van der Waals surface area contributed by atoms with Gasteiger partial charge in [-0.3, -0.25) is 0 Å². The van der Waals surface area contributed by atoms with E-state index in [1.54, 1.807) is 13.2 Å². The molecule has 0 radical (unpaired) electrons. The Kier molecular flexibility index (Phi) is 3.54. The summed E-state index contributed by atoms with van der Waals surface area (Å²) >= 11 is 6.05. The van der Waals surface area contributed by atoms with Crippen LogP contribution < -0.4 is 10.5 Å². The lowest BCUT2D eigenvalue weighted by atomic mass is 10.0. The molecule has 0 aliphatic heterocycles. The van der Waals surface area contributed by atoms with Crippen molar-refractivity contribution in [1.82, 2.24) is 5.16 Å². The van der Waals surface area contributed by atoms with E-state index in [0.29, 0.717) is 16.6 Å². The molecule has 3 rings (SSSR count). The predicted octanol–water partition coefficient (Wildman–Crippen LogP) is 4.25. The molecule has 0 saturated carbocycles. The first kappa shape index (κ1) is 13.5. The standard InChI is InChI=1S/C16H13ClN2O2/c1-20-13-7-3-5-11(9-13)15-14(16(18)19-21-15)10-4-2-6-12(17)8-10/h2-9H,1H3,(H2,18,19). The molecule has 0 aliphatic rings. The molecule has 1 heterocycles. The van der Waals surface area contributed by atoms with Gasteiger partial charge in [-0.15, -0.1) is 0 Å². The Hall–Kier alpha value is -2.46. The summed E-state index contributed by atoms with van der Waals surface area (Å²) in [6, 6.07) is 14.9. The molecule has 0 bridgehead atoms. The third kappa shape index (κ3) is 2.58. The molecule has 2 N–H and O–H groups in total. The van der Waals surface area contributed by atoms with Gasteiger partial charge in [0.05, 0.1) is 12.7 Å². The van der Waals surface area contributed by atoms with Gasteiger partial charge < -0.3 is 15.0 Å². The van der Waals surface area contributed by atoms with Gasteiger partial charge in [-0.2, -0.15) is 0 Å². The Morgan fingerprint density at radius 2 is 1.86 bits per heavy atom. The predicted molar refractivity (Wildman–Crippen MR) is 83.3 cm³/mol. The van der Waals surface area contributed by atoms with E-state index < -0.39 is 0 Å². The van der Waals surface area contributed by atoms with E-state index in [1.807, 2.05) is 42.5 Å². The first-order chi connectivity index (χ1) is 10.2. The number of ether oxygens (including phenoxy) is 1. The van der Waals surface area contributed by atoms with Crippen LogP contribution in [-0.2, 0) is 0 Å². The smallest absolute Gasteiger partial charge is 0.177 e. The number of hydrogen-bond donors (Lipinski definition) is 1. The Bertz CT molecular complexity index is 783. The summed E-state index contributed by atoms with van der Waals surface area (Å²) < 4.78 is 10.6. The first-order valence-electron chi connectivity index (χ1n) is 6.34. The SMILES string of the molecule is COc1cccc(-c2onc(N)c2-c2cccc(Cl)c2)c1. The van der Waals surface area contributed by atoms with Crippen molar-refractivity contribution < 1.29 is 9.26 Å². The maximum absolute atomic E-state index is 6.05. The minimum absolute atomic E-state index is 0.329. The molecule has 0 atom stereocenters. The normalized spacial score (nSPS) is 10.6. The molecule has 4 nitrogen and oxygen atoms in total. The highest BCUT2D eigenvalue weighted by Crippen LogP contribution is 2.38. The fourth-order valence-corrected chi connectivity index (χ4v) is 2.38. The molecular formula is C16H13ClN2O2. The van der Waals surface area contributed by atoms with Gasteiger partial charge in [0.1, 0.15) is 5.75 Å². The van der Waals surface area contributed by atoms with E-state index in [9.17, 15) is 0 Å².